The van der Waals surface area contributed by atoms with Crippen molar-refractivity contribution in [3.8, 4) is 0 Å². The summed E-state index contributed by atoms with van der Waals surface area (Å²) in [7, 11) is 0. The minimum absolute atomic E-state index is 0.0692. The monoisotopic (exact) mass is 284 g/mol. The lowest BCUT2D eigenvalue weighted by molar-refractivity contribution is -0.140. The zero-order chi connectivity index (χ0) is 15.0. The van der Waals surface area contributed by atoms with Crippen molar-refractivity contribution in [3.63, 3.8) is 0 Å². The summed E-state index contributed by atoms with van der Waals surface area (Å²) in [5, 5.41) is 8.78. The van der Waals surface area contributed by atoms with E-state index >= 15 is 0 Å². The third kappa shape index (κ3) is 3.33. The normalized spacial score (nSPS) is 15.2. The molecule has 0 radical (unpaired) electrons. The van der Waals surface area contributed by atoms with Gasteiger partial charge in [-0.25, -0.2) is 8.78 Å². The third-order valence-corrected chi connectivity index (χ3v) is 3.47. The van der Waals surface area contributed by atoms with E-state index in [0.29, 0.717) is 13.2 Å². The highest BCUT2D eigenvalue weighted by atomic mass is 19.3. The van der Waals surface area contributed by atoms with Crippen LogP contribution >= 0.6 is 0 Å². The lowest BCUT2D eigenvalue weighted by Gasteiger charge is -2.28. The Hall–Kier alpha value is -1.49. The smallest absolute Gasteiger partial charge is 0.303 e. The van der Waals surface area contributed by atoms with Gasteiger partial charge in [0.1, 0.15) is 0 Å². The van der Waals surface area contributed by atoms with E-state index in [1.54, 1.807) is 19.9 Å². The van der Waals surface area contributed by atoms with Gasteiger partial charge in [0.2, 0.25) is 0 Å². The maximum Gasteiger partial charge on any atom is 0.303 e. The largest absolute Gasteiger partial charge is 0.481 e. The van der Waals surface area contributed by atoms with Crippen LogP contribution in [0.5, 0.6) is 0 Å². The van der Waals surface area contributed by atoms with Crippen LogP contribution in [0.3, 0.4) is 0 Å². The Kier molecular flexibility index (Phi) is 3.82. The number of fused-ring (bicyclic) bond motifs is 1. The Labute approximate surface area is 116 Å². The first-order valence-electron chi connectivity index (χ1n) is 6.49. The molecule has 1 aromatic carbocycles. The summed E-state index contributed by atoms with van der Waals surface area (Å²) in [6.07, 6.45) is -0.775. The number of aliphatic carboxylic acids is 1. The van der Waals surface area contributed by atoms with E-state index in [2.05, 4.69) is 0 Å². The fourth-order valence-electron chi connectivity index (χ4n) is 2.57. The van der Waals surface area contributed by atoms with E-state index in [1.807, 2.05) is 0 Å². The maximum absolute atomic E-state index is 14.3. The van der Waals surface area contributed by atoms with Crippen molar-refractivity contribution in [2.45, 2.75) is 45.8 Å². The topological polar surface area (TPSA) is 46.5 Å². The van der Waals surface area contributed by atoms with Gasteiger partial charge in [-0.3, -0.25) is 4.79 Å². The lowest BCUT2D eigenvalue weighted by Crippen LogP contribution is -2.26. The molecule has 0 aromatic heterocycles. The molecular weight excluding hydrogens is 266 g/mol. The zero-order valence-corrected chi connectivity index (χ0v) is 11.6. The second-order valence-corrected chi connectivity index (χ2v) is 6.09. The first-order chi connectivity index (χ1) is 9.20. The minimum atomic E-state index is -3.05. The quantitative estimate of drug-likeness (QED) is 0.896. The summed E-state index contributed by atoms with van der Waals surface area (Å²) in [5.74, 6) is -4.11. The number of carbonyl (C=O) groups is 1. The molecule has 1 aliphatic rings. The van der Waals surface area contributed by atoms with Crippen LogP contribution in [0, 0.1) is 5.41 Å². The number of carboxylic acid groups (broad SMARTS) is 1. The van der Waals surface area contributed by atoms with Gasteiger partial charge in [0.05, 0.1) is 19.6 Å². The summed E-state index contributed by atoms with van der Waals surface area (Å²) in [6, 6.07) is 4.54. The molecule has 0 bridgehead atoms. The van der Waals surface area contributed by atoms with Crippen LogP contribution in [0.4, 0.5) is 8.78 Å². The fraction of sp³-hybridized carbons (Fsp3) is 0.533. The Bertz CT molecular complexity index is 524. The molecule has 0 atom stereocenters. The predicted molar refractivity (Wildman–Crippen MR) is 69.5 cm³/mol. The van der Waals surface area contributed by atoms with Crippen LogP contribution in [0.1, 0.15) is 43.4 Å². The molecule has 0 saturated heterocycles. The molecule has 5 heteroatoms. The van der Waals surface area contributed by atoms with Crippen LogP contribution in [0.15, 0.2) is 18.2 Å². The van der Waals surface area contributed by atoms with Gasteiger partial charge in [0.15, 0.2) is 0 Å². The van der Waals surface area contributed by atoms with Crippen LogP contribution in [0.25, 0.3) is 0 Å². The fourth-order valence-corrected chi connectivity index (χ4v) is 2.57. The summed E-state index contributed by atoms with van der Waals surface area (Å²) < 4.78 is 33.9. The second-order valence-electron chi connectivity index (χ2n) is 6.09. The molecule has 3 nitrogen and oxygen atoms in total. The molecule has 0 unspecified atom stereocenters. The minimum Gasteiger partial charge on any atom is -0.481 e. The SMILES string of the molecule is CC(C)(CC(=O)O)CC(F)(F)c1ccc2c(c1)COC2. The number of carboxylic acids is 1. The van der Waals surface area contributed by atoms with Crippen LogP contribution in [-0.2, 0) is 28.7 Å². The van der Waals surface area contributed by atoms with Crippen molar-refractivity contribution in [3.05, 3.63) is 34.9 Å². The highest BCUT2D eigenvalue weighted by Gasteiger charge is 2.39. The first kappa shape index (κ1) is 14.9. The van der Waals surface area contributed by atoms with Crippen molar-refractivity contribution in [2.75, 3.05) is 0 Å². The van der Waals surface area contributed by atoms with Crippen LogP contribution in [0.2, 0.25) is 0 Å². The average molecular weight is 284 g/mol. The summed E-state index contributed by atoms with van der Waals surface area (Å²) in [5.41, 5.74) is 0.693. The first-order valence-corrected chi connectivity index (χ1v) is 6.49. The number of halogens is 2. The molecule has 20 heavy (non-hydrogen) atoms. The number of hydrogen-bond donors (Lipinski definition) is 1. The van der Waals surface area contributed by atoms with E-state index in [1.165, 1.54) is 12.1 Å². The number of hydrogen-bond acceptors (Lipinski definition) is 2. The third-order valence-electron chi connectivity index (χ3n) is 3.47. The number of rotatable bonds is 5. The van der Waals surface area contributed by atoms with Crippen LogP contribution < -0.4 is 0 Å². The molecule has 1 N–H and O–H groups in total. The average Bonchev–Trinajstić information content (AvgIpc) is 2.71. The Morgan fingerprint density at radius 1 is 1.30 bits per heavy atom. The molecule has 2 rings (SSSR count). The Morgan fingerprint density at radius 2 is 1.95 bits per heavy atom. The van der Waals surface area contributed by atoms with Gasteiger partial charge in [-0.1, -0.05) is 26.0 Å². The molecule has 0 aliphatic carbocycles. The van der Waals surface area contributed by atoms with Crippen molar-refractivity contribution in [1.29, 1.82) is 0 Å². The summed E-state index contributed by atoms with van der Waals surface area (Å²) in [4.78, 5) is 10.7. The van der Waals surface area contributed by atoms with Crippen molar-refractivity contribution >= 4 is 5.97 Å². The van der Waals surface area contributed by atoms with E-state index in [9.17, 15) is 13.6 Å². The van der Waals surface area contributed by atoms with Gasteiger partial charge >= 0.3 is 5.97 Å². The van der Waals surface area contributed by atoms with Gasteiger partial charge < -0.3 is 9.84 Å². The Balaban J connectivity index is 2.19. The molecule has 1 aliphatic heterocycles. The van der Waals surface area contributed by atoms with Crippen LogP contribution in [-0.4, -0.2) is 11.1 Å². The van der Waals surface area contributed by atoms with E-state index < -0.39 is 23.7 Å². The van der Waals surface area contributed by atoms with Gasteiger partial charge in [0, 0.05) is 12.0 Å². The van der Waals surface area contributed by atoms with E-state index in [4.69, 9.17) is 9.84 Å². The molecule has 0 spiro atoms. The molecule has 0 saturated carbocycles. The van der Waals surface area contributed by atoms with Crippen molar-refractivity contribution < 1.29 is 23.4 Å². The number of benzene rings is 1. The standard InChI is InChI=1S/C15H18F2O3/c1-14(2,6-13(18)19)9-15(16,17)12-4-3-10-7-20-8-11(10)5-12/h3-5H,6-9H2,1-2H3,(H,18,19). The lowest BCUT2D eigenvalue weighted by atomic mass is 9.81. The van der Waals surface area contributed by atoms with Crippen molar-refractivity contribution in [2.24, 2.45) is 5.41 Å². The molecule has 1 aromatic rings. The van der Waals surface area contributed by atoms with Gasteiger partial charge in [-0.2, -0.15) is 0 Å². The molecule has 0 fully saturated rings. The second kappa shape index (κ2) is 5.13. The molecule has 110 valence electrons. The Morgan fingerprint density at radius 3 is 2.60 bits per heavy atom. The molecule has 1 heterocycles. The van der Waals surface area contributed by atoms with Gasteiger partial charge in [0.25, 0.3) is 5.92 Å². The summed E-state index contributed by atoms with van der Waals surface area (Å²) in [6.45, 7) is 3.92. The number of alkyl halides is 2. The maximum atomic E-state index is 14.3. The molecule has 0 amide bonds. The zero-order valence-electron chi connectivity index (χ0n) is 11.6. The van der Waals surface area contributed by atoms with Crippen molar-refractivity contribution in [1.82, 2.24) is 0 Å². The van der Waals surface area contributed by atoms with E-state index in [0.717, 1.165) is 11.1 Å². The molecular formula is C15H18F2O3. The highest BCUT2D eigenvalue weighted by Crippen LogP contribution is 2.42. The van der Waals surface area contributed by atoms with Gasteiger partial charge in [-0.15, -0.1) is 0 Å². The summed E-state index contributed by atoms with van der Waals surface area (Å²) >= 11 is 0. The predicted octanol–water partition coefficient (Wildman–Crippen LogP) is 3.70. The highest BCUT2D eigenvalue weighted by molar-refractivity contribution is 5.67. The van der Waals surface area contributed by atoms with Gasteiger partial charge in [-0.05, 0) is 22.6 Å². The van der Waals surface area contributed by atoms with E-state index in [-0.39, 0.29) is 12.0 Å². The number of ether oxygens (including phenoxy) is 1.